The Labute approximate surface area is 119 Å². The first kappa shape index (κ1) is 14.9. The molecule has 2 atom stereocenters. The van der Waals surface area contributed by atoms with Crippen LogP contribution in [0.1, 0.15) is 39.4 Å². The fraction of sp³-hybridized carbons (Fsp3) is 0.500. The number of hydrogen-bond acceptors (Lipinski definition) is 4. The standard InChI is InChI=1S/C14H20BNO4/c1-9(16-13(17)19-14(2,3)4)12-10-7-5-6-8-11(10)15(18)20-12/h5-9,12,18H,1-4H3,(H,16,17)/t9-,12?/m1/s1. The van der Waals surface area contributed by atoms with Gasteiger partial charge >= 0.3 is 13.2 Å². The number of rotatable bonds is 2. The van der Waals surface area contributed by atoms with Crippen LogP contribution in [0.4, 0.5) is 4.79 Å². The number of fused-ring (bicyclic) bond motifs is 1. The fourth-order valence-corrected chi connectivity index (χ4v) is 2.24. The van der Waals surface area contributed by atoms with E-state index in [1.165, 1.54) is 0 Å². The van der Waals surface area contributed by atoms with E-state index in [9.17, 15) is 9.82 Å². The monoisotopic (exact) mass is 277 g/mol. The first-order valence-electron chi connectivity index (χ1n) is 6.70. The molecular weight excluding hydrogens is 257 g/mol. The van der Waals surface area contributed by atoms with Crippen molar-refractivity contribution in [1.29, 1.82) is 0 Å². The molecule has 108 valence electrons. The molecule has 1 amide bonds. The average molecular weight is 277 g/mol. The van der Waals surface area contributed by atoms with Gasteiger partial charge in [0.15, 0.2) is 0 Å². The van der Waals surface area contributed by atoms with Crippen LogP contribution >= 0.6 is 0 Å². The van der Waals surface area contributed by atoms with Gasteiger partial charge in [-0.05, 0) is 38.7 Å². The predicted molar refractivity (Wildman–Crippen MR) is 76.7 cm³/mol. The Hall–Kier alpha value is -1.53. The summed E-state index contributed by atoms with van der Waals surface area (Å²) in [7, 11) is -0.945. The third kappa shape index (κ3) is 3.32. The molecule has 5 nitrogen and oxygen atoms in total. The molecule has 1 aliphatic heterocycles. The van der Waals surface area contributed by atoms with Crippen molar-refractivity contribution in [3.05, 3.63) is 29.8 Å². The summed E-state index contributed by atoms with van der Waals surface area (Å²) < 4.78 is 10.7. The lowest BCUT2D eigenvalue weighted by Gasteiger charge is -2.25. The predicted octanol–water partition coefficient (Wildman–Crippen LogP) is 1.36. The first-order chi connectivity index (χ1) is 9.28. The molecule has 0 bridgehead atoms. The summed E-state index contributed by atoms with van der Waals surface area (Å²) in [4.78, 5) is 11.8. The number of hydrogen-bond donors (Lipinski definition) is 2. The summed E-state index contributed by atoms with van der Waals surface area (Å²) in [5, 5.41) is 12.6. The van der Waals surface area contributed by atoms with Crippen LogP contribution in [0.15, 0.2) is 24.3 Å². The molecule has 0 saturated heterocycles. The number of ether oxygens (including phenoxy) is 1. The van der Waals surface area contributed by atoms with Gasteiger partial charge in [0.05, 0.1) is 12.1 Å². The van der Waals surface area contributed by atoms with Crippen LogP contribution in [0.3, 0.4) is 0 Å². The van der Waals surface area contributed by atoms with E-state index < -0.39 is 18.8 Å². The number of carbonyl (C=O) groups is 1. The molecule has 2 N–H and O–H groups in total. The lowest BCUT2D eigenvalue weighted by atomic mass is 9.79. The molecule has 0 aliphatic carbocycles. The molecule has 0 radical (unpaired) electrons. The fourth-order valence-electron chi connectivity index (χ4n) is 2.24. The van der Waals surface area contributed by atoms with Gasteiger partial charge < -0.3 is 19.7 Å². The highest BCUT2D eigenvalue weighted by Crippen LogP contribution is 2.26. The molecule has 1 aromatic rings. The molecule has 0 fully saturated rings. The Balaban J connectivity index is 2.04. The van der Waals surface area contributed by atoms with Gasteiger partial charge in [0.2, 0.25) is 0 Å². The number of alkyl carbamates (subject to hydrolysis) is 1. The zero-order valence-corrected chi connectivity index (χ0v) is 12.2. The third-order valence-corrected chi connectivity index (χ3v) is 3.04. The van der Waals surface area contributed by atoms with Gasteiger partial charge in [0.25, 0.3) is 0 Å². The zero-order chi connectivity index (χ0) is 14.9. The lowest BCUT2D eigenvalue weighted by Crippen LogP contribution is -2.41. The molecule has 0 saturated carbocycles. The van der Waals surface area contributed by atoms with E-state index in [4.69, 9.17) is 9.39 Å². The second-order valence-electron chi connectivity index (χ2n) is 5.97. The van der Waals surface area contributed by atoms with E-state index in [0.29, 0.717) is 0 Å². The molecule has 1 aliphatic rings. The Bertz CT molecular complexity index is 500. The second kappa shape index (κ2) is 5.46. The van der Waals surface area contributed by atoms with E-state index in [0.717, 1.165) is 11.0 Å². The number of benzene rings is 1. The van der Waals surface area contributed by atoms with Crippen molar-refractivity contribution >= 4 is 18.7 Å². The van der Waals surface area contributed by atoms with Crippen LogP contribution in [0.25, 0.3) is 0 Å². The minimum Gasteiger partial charge on any atom is -0.444 e. The highest BCUT2D eigenvalue weighted by Gasteiger charge is 2.38. The maximum absolute atomic E-state index is 11.8. The van der Waals surface area contributed by atoms with Crippen LogP contribution in [0.5, 0.6) is 0 Å². The van der Waals surface area contributed by atoms with E-state index in [-0.39, 0.29) is 12.1 Å². The molecule has 0 spiro atoms. The van der Waals surface area contributed by atoms with Crippen LogP contribution in [0.2, 0.25) is 0 Å². The van der Waals surface area contributed by atoms with Crippen LogP contribution in [-0.2, 0) is 9.39 Å². The molecular formula is C14H20BNO4. The maximum Gasteiger partial charge on any atom is 0.492 e. The van der Waals surface area contributed by atoms with Crippen LogP contribution in [-0.4, -0.2) is 29.9 Å². The smallest absolute Gasteiger partial charge is 0.444 e. The molecule has 6 heteroatoms. The van der Waals surface area contributed by atoms with E-state index in [1.807, 2.05) is 52.0 Å². The topological polar surface area (TPSA) is 67.8 Å². The summed E-state index contributed by atoms with van der Waals surface area (Å²) in [6.45, 7) is 7.25. The summed E-state index contributed by atoms with van der Waals surface area (Å²) in [5.41, 5.74) is 1.09. The lowest BCUT2D eigenvalue weighted by molar-refractivity contribution is 0.0451. The third-order valence-electron chi connectivity index (χ3n) is 3.04. The Kier molecular flexibility index (Phi) is 4.06. The van der Waals surface area contributed by atoms with Crippen molar-refractivity contribution in [1.82, 2.24) is 5.32 Å². The average Bonchev–Trinajstić information content (AvgIpc) is 2.65. The number of nitrogens with one attached hydrogen (secondary N) is 1. The molecule has 20 heavy (non-hydrogen) atoms. The Morgan fingerprint density at radius 2 is 2.10 bits per heavy atom. The molecule has 0 aromatic heterocycles. The number of carbonyl (C=O) groups excluding carboxylic acids is 1. The van der Waals surface area contributed by atoms with E-state index in [1.54, 1.807) is 0 Å². The van der Waals surface area contributed by atoms with Gasteiger partial charge in [-0.2, -0.15) is 0 Å². The van der Waals surface area contributed by atoms with E-state index in [2.05, 4.69) is 5.32 Å². The Morgan fingerprint density at radius 1 is 1.45 bits per heavy atom. The van der Waals surface area contributed by atoms with Crippen LogP contribution in [0, 0.1) is 0 Å². The molecule has 1 unspecified atom stereocenters. The van der Waals surface area contributed by atoms with Crippen molar-refractivity contribution in [3.63, 3.8) is 0 Å². The second-order valence-corrected chi connectivity index (χ2v) is 5.97. The van der Waals surface area contributed by atoms with Gasteiger partial charge in [-0.15, -0.1) is 0 Å². The highest BCUT2D eigenvalue weighted by atomic mass is 16.6. The number of amides is 1. The van der Waals surface area contributed by atoms with Crippen molar-refractivity contribution in [2.75, 3.05) is 0 Å². The maximum atomic E-state index is 11.8. The van der Waals surface area contributed by atoms with Crippen molar-refractivity contribution in [2.24, 2.45) is 0 Å². The van der Waals surface area contributed by atoms with Crippen molar-refractivity contribution in [2.45, 2.75) is 45.4 Å². The van der Waals surface area contributed by atoms with Crippen LogP contribution < -0.4 is 10.8 Å². The summed E-state index contributed by atoms with van der Waals surface area (Å²) in [6, 6.07) is 7.14. The largest absolute Gasteiger partial charge is 0.492 e. The van der Waals surface area contributed by atoms with Gasteiger partial charge in [-0.1, -0.05) is 24.3 Å². The molecule has 1 heterocycles. The minimum atomic E-state index is -0.945. The normalized spacial score (nSPS) is 19.4. The first-order valence-corrected chi connectivity index (χ1v) is 6.70. The quantitative estimate of drug-likeness (QED) is 0.801. The summed E-state index contributed by atoms with van der Waals surface area (Å²) in [5.74, 6) is 0. The highest BCUT2D eigenvalue weighted by molar-refractivity contribution is 6.61. The van der Waals surface area contributed by atoms with E-state index >= 15 is 0 Å². The SMILES string of the molecule is C[C@@H](NC(=O)OC(C)(C)C)C1OB(O)c2ccccc21. The van der Waals surface area contributed by atoms with Crippen molar-refractivity contribution < 1.29 is 19.2 Å². The van der Waals surface area contributed by atoms with Gasteiger partial charge in [-0.3, -0.25) is 0 Å². The molecule has 1 aromatic carbocycles. The van der Waals surface area contributed by atoms with Gasteiger partial charge in [-0.25, -0.2) is 4.79 Å². The zero-order valence-electron chi connectivity index (χ0n) is 12.2. The Morgan fingerprint density at radius 3 is 2.75 bits per heavy atom. The molecule has 2 rings (SSSR count). The summed E-state index contributed by atoms with van der Waals surface area (Å²) >= 11 is 0. The minimum absolute atomic E-state index is 0.303. The van der Waals surface area contributed by atoms with Crippen molar-refractivity contribution in [3.8, 4) is 0 Å². The van der Waals surface area contributed by atoms with Gasteiger partial charge in [0, 0.05) is 0 Å². The summed E-state index contributed by atoms with van der Waals surface area (Å²) in [6.07, 6.45) is -0.874. The van der Waals surface area contributed by atoms with Gasteiger partial charge in [0.1, 0.15) is 5.60 Å².